The van der Waals surface area contributed by atoms with E-state index < -0.39 is 0 Å². The summed E-state index contributed by atoms with van der Waals surface area (Å²) in [4.78, 5) is 27.0. The molecule has 1 aliphatic heterocycles. The molecular weight excluding hydrogens is 332 g/mol. The Hall–Kier alpha value is -2.54. The van der Waals surface area contributed by atoms with Gasteiger partial charge in [-0.25, -0.2) is 4.68 Å². The first-order valence-corrected chi connectivity index (χ1v) is 9.10. The van der Waals surface area contributed by atoms with E-state index in [0.29, 0.717) is 25.1 Å². The third-order valence-corrected chi connectivity index (χ3v) is 5.40. The summed E-state index contributed by atoms with van der Waals surface area (Å²) in [6.07, 6.45) is 4.30. The molecule has 7 heteroatoms. The molecule has 136 valence electrons. The number of hydrogen-bond acceptors (Lipinski definition) is 5. The Balaban J connectivity index is 1.40. The lowest BCUT2D eigenvalue weighted by atomic mass is 9.97. The standard InChI is InChI=1S/C19H22N4O3/c24-10-7-13-12-23(21-20-13)14-5-8-22(9-6-14)19(26)17-11-18(25)16-4-2-1-3-15(16)17/h1-4,12,14,17,24H,5-11H2/t17-/m1/s1. The number of aliphatic hydroxyl groups is 1. The molecule has 1 fully saturated rings. The lowest BCUT2D eigenvalue weighted by Gasteiger charge is -2.33. The molecule has 2 aliphatic rings. The summed E-state index contributed by atoms with van der Waals surface area (Å²) in [5.74, 6) is -0.216. The minimum atomic E-state index is -0.335. The van der Waals surface area contributed by atoms with E-state index in [2.05, 4.69) is 10.3 Å². The van der Waals surface area contributed by atoms with Gasteiger partial charge in [-0.3, -0.25) is 9.59 Å². The molecule has 1 atom stereocenters. The van der Waals surface area contributed by atoms with Crippen molar-refractivity contribution in [2.45, 2.75) is 37.6 Å². The Morgan fingerprint density at radius 3 is 2.77 bits per heavy atom. The molecule has 1 aromatic heterocycles. The average molecular weight is 354 g/mol. The van der Waals surface area contributed by atoms with Crippen LogP contribution in [0.5, 0.6) is 0 Å². The van der Waals surface area contributed by atoms with Crippen LogP contribution in [0.25, 0.3) is 0 Å². The molecule has 0 bridgehead atoms. The number of nitrogens with zero attached hydrogens (tertiary/aromatic N) is 4. The molecule has 2 aromatic rings. The summed E-state index contributed by atoms with van der Waals surface area (Å²) in [5.41, 5.74) is 2.35. The maximum Gasteiger partial charge on any atom is 0.230 e. The van der Waals surface area contributed by atoms with Crippen molar-refractivity contribution >= 4 is 11.7 Å². The van der Waals surface area contributed by atoms with E-state index in [4.69, 9.17) is 5.11 Å². The van der Waals surface area contributed by atoms with Crippen LogP contribution < -0.4 is 0 Å². The number of fused-ring (bicyclic) bond motifs is 1. The third-order valence-electron chi connectivity index (χ3n) is 5.40. The van der Waals surface area contributed by atoms with Crippen molar-refractivity contribution in [3.05, 3.63) is 47.3 Å². The quantitative estimate of drug-likeness (QED) is 0.895. The second kappa shape index (κ2) is 6.99. The number of rotatable bonds is 4. The van der Waals surface area contributed by atoms with Crippen LogP contribution in [0.15, 0.2) is 30.5 Å². The summed E-state index contributed by atoms with van der Waals surface area (Å²) < 4.78 is 1.85. The molecule has 26 heavy (non-hydrogen) atoms. The number of Topliss-reactive ketones (excluding diaryl/α,β-unsaturated/α-hetero) is 1. The number of benzene rings is 1. The van der Waals surface area contributed by atoms with Crippen molar-refractivity contribution in [3.8, 4) is 0 Å². The van der Waals surface area contributed by atoms with Crippen molar-refractivity contribution in [2.75, 3.05) is 19.7 Å². The van der Waals surface area contributed by atoms with Gasteiger partial charge in [0.15, 0.2) is 5.78 Å². The predicted molar refractivity (Wildman–Crippen MR) is 93.8 cm³/mol. The van der Waals surface area contributed by atoms with Crippen LogP contribution in [0.3, 0.4) is 0 Å². The molecule has 0 spiro atoms. The highest BCUT2D eigenvalue weighted by Crippen LogP contribution is 2.35. The van der Waals surface area contributed by atoms with Crippen LogP contribution in [0, 0.1) is 0 Å². The molecule has 1 aliphatic carbocycles. The van der Waals surface area contributed by atoms with Crippen LogP contribution in [0.1, 0.15) is 52.8 Å². The minimum absolute atomic E-state index is 0.0568. The maximum atomic E-state index is 13.0. The van der Waals surface area contributed by atoms with Crippen molar-refractivity contribution < 1.29 is 14.7 Å². The molecule has 1 N–H and O–H groups in total. The summed E-state index contributed by atoms with van der Waals surface area (Å²) in [6.45, 7) is 1.38. The normalized spacial score (nSPS) is 20.4. The number of likely N-dealkylation sites (tertiary alicyclic amines) is 1. The molecule has 0 saturated carbocycles. The van der Waals surface area contributed by atoms with Gasteiger partial charge in [0, 0.05) is 44.3 Å². The van der Waals surface area contributed by atoms with Crippen molar-refractivity contribution in [2.24, 2.45) is 0 Å². The van der Waals surface area contributed by atoms with Crippen molar-refractivity contribution in [1.29, 1.82) is 0 Å². The molecule has 1 amide bonds. The van der Waals surface area contributed by atoms with Crippen molar-refractivity contribution in [3.63, 3.8) is 0 Å². The third kappa shape index (κ3) is 3.03. The molecule has 0 radical (unpaired) electrons. The fourth-order valence-electron chi connectivity index (χ4n) is 3.97. The van der Waals surface area contributed by atoms with Gasteiger partial charge in [0.05, 0.1) is 17.7 Å². The van der Waals surface area contributed by atoms with Crippen LogP contribution >= 0.6 is 0 Å². The SMILES string of the molecule is O=C1C[C@@H](C(=O)N2CCC(n3cc(CCO)nn3)CC2)c2ccccc21. The zero-order valence-corrected chi connectivity index (χ0v) is 14.5. The molecular formula is C19H22N4O3. The Labute approximate surface area is 151 Å². The highest BCUT2D eigenvalue weighted by atomic mass is 16.3. The Kier molecular flexibility index (Phi) is 4.55. The molecule has 1 aromatic carbocycles. The van der Waals surface area contributed by atoms with E-state index in [1.54, 1.807) is 0 Å². The van der Waals surface area contributed by atoms with E-state index in [9.17, 15) is 9.59 Å². The summed E-state index contributed by atoms with van der Waals surface area (Å²) in [7, 11) is 0. The first kappa shape index (κ1) is 16.9. The van der Waals surface area contributed by atoms with Gasteiger partial charge in [0.25, 0.3) is 0 Å². The maximum absolute atomic E-state index is 13.0. The van der Waals surface area contributed by atoms with Crippen LogP contribution in [-0.4, -0.2) is 56.4 Å². The van der Waals surface area contributed by atoms with Gasteiger partial charge < -0.3 is 10.0 Å². The molecule has 1 saturated heterocycles. The molecule has 7 nitrogen and oxygen atoms in total. The average Bonchev–Trinajstić information content (AvgIpc) is 3.27. The number of amides is 1. The number of aromatic nitrogens is 3. The lowest BCUT2D eigenvalue weighted by Crippen LogP contribution is -2.41. The van der Waals surface area contributed by atoms with Gasteiger partial charge >= 0.3 is 0 Å². The number of hydrogen-bond donors (Lipinski definition) is 1. The monoisotopic (exact) mass is 354 g/mol. The predicted octanol–water partition coefficient (Wildman–Crippen LogP) is 1.35. The molecule has 2 heterocycles. The Morgan fingerprint density at radius 2 is 2.00 bits per heavy atom. The fourth-order valence-corrected chi connectivity index (χ4v) is 3.97. The van der Waals surface area contributed by atoms with Gasteiger partial charge in [-0.1, -0.05) is 29.5 Å². The fraction of sp³-hybridized carbons (Fsp3) is 0.474. The number of aliphatic hydroxyl groups excluding tert-OH is 1. The van der Waals surface area contributed by atoms with Gasteiger partial charge in [-0.05, 0) is 18.4 Å². The molecule has 4 rings (SSSR count). The summed E-state index contributed by atoms with van der Waals surface area (Å²) >= 11 is 0. The van der Waals surface area contributed by atoms with E-state index in [1.165, 1.54) is 0 Å². The zero-order chi connectivity index (χ0) is 18.1. The number of ketones is 1. The first-order chi connectivity index (χ1) is 12.7. The molecule has 0 unspecified atom stereocenters. The Morgan fingerprint density at radius 1 is 1.23 bits per heavy atom. The van der Waals surface area contributed by atoms with Gasteiger partial charge in [0.2, 0.25) is 5.91 Å². The topological polar surface area (TPSA) is 88.3 Å². The van der Waals surface area contributed by atoms with Crippen LogP contribution in [0.4, 0.5) is 0 Å². The van der Waals surface area contributed by atoms with Crippen LogP contribution in [-0.2, 0) is 11.2 Å². The van der Waals surface area contributed by atoms with E-state index in [1.807, 2.05) is 40.0 Å². The number of carbonyl (C=O) groups is 2. The van der Waals surface area contributed by atoms with Crippen LogP contribution in [0.2, 0.25) is 0 Å². The largest absolute Gasteiger partial charge is 0.396 e. The van der Waals surface area contributed by atoms with E-state index in [0.717, 1.165) is 24.1 Å². The van der Waals surface area contributed by atoms with Gasteiger partial charge in [-0.15, -0.1) is 5.10 Å². The van der Waals surface area contributed by atoms with Crippen molar-refractivity contribution in [1.82, 2.24) is 19.9 Å². The lowest BCUT2D eigenvalue weighted by molar-refractivity contribution is -0.134. The first-order valence-electron chi connectivity index (χ1n) is 9.10. The van der Waals surface area contributed by atoms with Gasteiger partial charge in [-0.2, -0.15) is 0 Å². The second-order valence-electron chi connectivity index (χ2n) is 6.99. The van der Waals surface area contributed by atoms with E-state index >= 15 is 0 Å². The van der Waals surface area contributed by atoms with Gasteiger partial charge in [0.1, 0.15) is 0 Å². The zero-order valence-electron chi connectivity index (χ0n) is 14.5. The Bertz CT molecular complexity index is 824. The second-order valence-corrected chi connectivity index (χ2v) is 6.99. The summed E-state index contributed by atoms with van der Waals surface area (Å²) in [6, 6.07) is 7.66. The smallest absolute Gasteiger partial charge is 0.230 e. The summed E-state index contributed by atoms with van der Waals surface area (Å²) in [5, 5.41) is 17.2. The number of carbonyl (C=O) groups excluding carboxylic acids is 2. The van der Waals surface area contributed by atoms with E-state index in [-0.39, 0.29) is 36.7 Å². The number of piperidine rings is 1. The highest BCUT2D eigenvalue weighted by molar-refractivity contribution is 6.06. The minimum Gasteiger partial charge on any atom is -0.396 e. The highest BCUT2D eigenvalue weighted by Gasteiger charge is 2.37.